The quantitative estimate of drug-likeness (QED) is 0.0548. The molecule has 0 fully saturated rings. The van der Waals surface area contributed by atoms with Crippen molar-refractivity contribution in [3.05, 3.63) is 30.3 Å². The van der Waals surface area contributed by atoms with E-state index in [1.807, 2.05) is 6.07 Å². The van der Waals surface area contributed by atoms with Crippen molar-refractivity contribution in [1.82, 2.24) is 0 Å². The fourth-order valence-electron chi connectivity index (χ4n) is 6.12. The zero-order valence-electron chi connectivity index (χ0n) is 31.5. The highest BCUT2D eigenvalue weighted by atomic mass is 31.2. The van der Waals surface area contributed by atoms with Crippen molar-refractivity contribution in [3.8, 4) is 5.75 Å². The summed E-state index contributed by atoms with van der Waals surface area (Å²) in [5, 5.41) is 0. The Balaban J connectivity index is 2.16. The Labute approximate surface area is 297 Å². The summed E-state index contributed by atoms with van der Waals surface area (Å²) in [6, 6.07) is 8.60. The molecule has 0 bridgehead atoms. The summed E-state index contributed by atoms with van der Waals surface area (Å²) in [4.78, 5) is 10.2. The van der Waals surface area contributed by atoms with E-state index in [4.69, 9.17) is 18.5 Å². The molecule has 1 unspecified atom stereocenters. The maximum atomic E-state index is 12.5. The van der Waals surface area contributed by atoms with Crippen molar-refractivity contribution >= 4 is 7.82 Å². The molecule has 0 aliphatic carbocycles. The summed E-state index contributed by atoms with van der Waals surface area (Å²) >= 11 is 0. The molecule has 0 radical (unpaired) electrons. The fourth-order valence-corrected chi connectivity index (χ4v) is 6.92. The summed E-state index contributed by atoms with van der Waals surface area (Å²) in [7, 11) is -4.25. The van der Waals surface area contributed by atoms with Gasteiger partial charge in [0.25, 0.3) is 0 Å². The van der Waals surface area contributed by atoms with Crippen LogP contribution in [0.4, 0.5) is 0 Å². The third-order valence-corrected chi connectivity index (χ3v) is 10.1. The molecule has 1 aromatic rings. The lowest BCUT2D eigenvalue weighted by Gasteiger charge is -2.20. The predicted octanol–water partition coefficient (Wildman–Crippen LogP) is 13.5. The Morgan fingerprint density at radius 3 is 1.31 bits per heavy atom. The van der Waals surface area contributed by atoms with E-state index in [2.05, 4.69) is 13.8 Å². The first-order valence-electron chi connectivity index (χ1n) is 20.5. The summed E-state index contributed by atoms with van der Waals surface area (Å²) in [5.74, 6) is 0.303. The standard InChI is InChI=1S/C41H77O6P/c1-3-5-7-9-11-13-15-17-19-21-23-25-27-32-36-44-38-41(39-46-48(42,43)47-40-34-30-29-31-35-40)45-37-33-28-26-24-22-20-18-16-14-12-10-8-6-4-2/h29-31,34-35,41H,3-28,32-33,36-39H2,1-2H3,(H,42,43)/t41-/m1/s1. The van der Waals surface area contributed by atoms with Crippen LogP contribution in [-0.4, -0.2) is 37.4 Å². The average molecular weight is 697 g/mol. The lowest BCUT2D eigenvalue weighted by Crippen LogP contribution is -2.26. The molecule has 0 aromatic heterocycles. The minimum atomic E-state index is -4.25. The molecule has 0 saturated carbocycles. The summed E-state index contributed by atoms with van der Waals surface area (Å²) in [5.41, 5.74) is 0. The van der Waals surface area contributed by atoms with Crippen molar-refractivity contribution in [3.63, 3.8) is 0 Å². The van der Waals surface area contributed by atoms with Crippen LogP contribution in [0.5, 0.6) is 5.75 Å². The van der Waals surface area contributed by atoms with Gasteiger partial charge in [0.15, 0.2) is 0 Å². The monoisotopic (exact) mass is 697 g/mol. The number of phosphoric acid groups is 1. The van der Waals surface area contributed by atoms with Gasteiger partial charge in [-0.05, 0) is 25.0 Å². The maximum absolute atomic E-state index is 12.5. The van der Waals surface area contributed by atoms with E-state index in [0.717, 1.165) is 19.3 Å². The first-order valence-corrected chi connectivity index (χ1v) is 22.0. The van der Waals surface area contributed by atoms with E-state index in [1.165, 1.54) is 161 Å². The fraction of sp³-hybridized carbons (Fsp3) is 0.854. The molecule has 7 heteroatoms. The molecule has 6 nitrogen and oxygen atoms in total. The number of hydrogen-bond donors (Lipinski definition) is 1. The zero-order chi connectivity index (χ0) is 34.6. The predicted molar refractivity (Wildman–Crippen MR) is 204 cm³/mol. The summed E-state index contributed by atoms with van der Waals surface area (Å²) < 4.78 is 35.1. The van der Waals surface area contributed by atoms with E-state index in [9.17, 15) is 9.46 Å². The summed E-state index contributed by atoms with van der Waals surface area (Å²) in [6.45, 7) is 6.14. The second kappa shape index (κ2) is 34.5. The molecule has 2 atom stereocenters. The Morgan fingerprint density at radius 1 is 0.521 bits per heavy atom. The lowest BCUT2D eigenvalue weighted by atomic mass is 10.0. The van der Waals surface area contributed by atoms with Crippen molar-refractivity contribution in [2.45, 2.75) is 200 Å². The van der Waals surface area contributed by atoms with Crippen LogP contribution in [-0.2, 0) is 18.6 Å². The Hall–Kier alpha value is -0.910. The molecule has 0 amide bonds. The van der Waals surface area contributed by atoms with Gasteiger partial charge in [-0.1, -0.05) is 199 Å². The lowest BCUT2D eigenvalue weighted by molar-refractivity contribution is -0.0426. The van der Waals surface area contributed by atoms with Gasteiger partial charge in [-0.3, -0.25) is 9.42 Å². The maximum Gasteiger partial charge on any atom is 0.527 e. The van der Waals surface area contributed by atoms with E-state index < -0.39 is 13.9 Å². The number of unbranched alkanes of at least 4 members (excludes halogenated alkanes) is 26. The van der Waals surface area contributed by atoms with Crippen LogP contribution in [0.2, 0.25) is 0 Å². The largest absolute Gasteiger partial charge is 0.527 e. The number of phosphoric ester groups is 1. The van der Waals surface area contributed by atoms with Gasteiger partial charge in [0.2, 0.25) is 0 Å². The van der Waals surface area contributed by atoms with Crippen molar-refractivity contribution in [1.29, 1.82) is 0 Å². The Bertz CT molecular complexity index is 822. The van der Waals surface area contributed by atoms with Gasteiger partial charge in [0.05, 0.1) is 13.2 Å². The van der Waals surface area contributed by atoms with Crippen molar-refractivity contribution < 1.29 is 28.0 Å². The van der Waals surface area contributed by atoms with Gasteiger partial charge in [0, 0.05) is 13.2 Å². The number of benzene rings is 1. The summed E-state index contributed by atoms with van der Waals surface area (Å²) in [6.07, 6.45) is 36.7. The third kappa shape index (κ3) is 31.1. The number of rotatable bonds is 38. The third-order valence-electron chi connectivity index (χ3n) is 9.18. The van der Waals surface area contributed by atoms with Crippen molar-refractivity contribution in [2.24, 2.45) is 0 Å². The van der Waals surface area contributed by atoms with Gasteiger partial charge >= 0.3 is 7.82 Å². The SMILES string of the molecule is CCCCCCCCCCCCCCCCOC[C@H](COP(=O)(O)Oc1ccccc1)OCCCCCCCCCCCCCCCC. The van der Waals surface area contributed by atoms with Gasteiger partial charge in [-0.2, -0.15) is 0 Å². The van der Waals surface area contributed by atoms with Gasteiger partial charge in [0.1, 0.15) is 11.9 Å². The van der Waals surface area contributed by atoms with Crippen LogP contribution < -0.4 is 4.52 Å². The molecule has 0 aliphatic rings. The van der Waals surface area contributed by atoms with E-state index in [-0.39, 0.29) is 6.61 Å². The van der Waals surface area contributed by atoms with Crippen LogP contribution in [0.3, 0.4) is 0 Å². The molecule has 0 aliphatic heterocycles. The van der Waals surface area contributed by atoms with Crippen LogP contribution in [0.1, 0.15) is 194 Å². The molecular weight excluding hydrogens is 619 g/mol. The first-order chi connectivity index (χ1) is 23.6. The smallest absolute Gasteiger partial charge is 0.404 e. The van der Waals surface area contributed by atoms with Gasteiger partial charge in [-0.15, -0.1) is 0 Å². The number of para-hydroxylation sites is 1. The van der Waals surface area contributed by atoms with E-state index in [0.29, 0.717) is 25.6 Å². The van der Waals surface area contributed by atoms with E-state index in [1.54, 1.807) is 24.3 Å². The highest BCUT2D eigenvalue weighted by molar-refractivity contribution is 7.47. The number of ether oxygens (including phenoxy) is 2. The van der Waals surface area contributed by atoms with E-state index >= 15 is 0 Å². The van der Waals surface area contributed by atoms with Crippen molar-refractivity contribution in [2.75, 3.05) is 26.4 Å². The first kappa shape index (κ1) is 45.1. The van der Waals surface area contributed by atoms with Gasteiger partial charge < -0.3 is 14.0 Å². The molecule has 0 heterocycles. The molecule has 0 saturated heterocycles. The molecule has 1 rings (SSSR count). The molecule has 0 spiro atoms. The molecule has 282 valence electrons. The Kier molecular flexibility index (Phi) is 32.5. The van der Waals surface area contributed by atoms with Crippen LogP contribution >= 0.6 is 7.82 Å². The number of hydrogen-bond acceptors (Lipinski definition) is 5. The second-order valence-electron chi connectivity index (χ2n) is 13.9. The Morgan fingerprint density at radius 2 is 0.896 bits per heavy atom. The van der Waals surface area contributed by atoms with Crippen LogP contribution in [0.15, 0.2) is 30.3 Å². The highest BCUT2D eigenvalue weighted by Gasteiger charge is 2.25. The molecule has 48 heavy (non-hydrogen) atoms. The van der Waals surface area contributed by atoms with Gasteiger partial charge in [-0.25, -0.2) is 4.57 Å². The minimum Gasteiger partial charge on any atom is -0.404 e. The molecular formula is C41H77O6P. The highest BCUT2D eigenvalue weighted by Crippen LogP contribution is 2.43. The molecule has 1 N–H and O–H groups in total. The minimum absolute atomic E-state index is 0.0437. The molecule has 1 aromatic carbocycles. The van der Waals surface area contributed by atoms with Crippen LogP contribution in [0.25, 0.3) is 0 Å². The average Bonchev–Trinajstić information content (AvgIpc) is 3.08. The zero-order valence-corrected chi connectivity index (χ0v) is 32.4. The topological polar surface area (TPSA) is 74.2 Å². The second-order valence-corrected chi connectivity index (χ2v) is 15.3. The van der Waals surface area contributed by atoms with Crippen LogP contribution in [0, 0.1) is 0 Å². The normalized spacial score (nSPS) is 13.5.